The lowest BCUT2D eigenvalue weighted by Gasteiger charge is -2.14. The minimum absolute atomic E-state index is 0.0567. The highest BCUT2D eigenvalue weighted by molar-refractivity contribution is 6.00. The van der Waals surface area contributed by atoms with Crippen molar-refractivity contribution >= 4 is 12.1 Å². The van der Waals surface area contributed by atoms with Crippen molar-refractivity contribution in [1.29, 1.82) is 0 Å². The van der Waals surface area contributed by atoms with Crippen molar-refractivity contribution in [3.63, 3.8) is 0 Å². The summed E-state index contributed by atoms with van der Waals surface area (Å²) in [5.74, 6) is 0.0567. The van der Waals surface area contributed by atoms with Crippen LogP contribution in [0.2, 0.25) is 0 Å². The van der Waals surface area contributed by atoms with Gasteiger partial charge in [-0.25, -0.2) is 0 Å². The number of nitrogens with zero attached hydrogens (tertiary/aromatic N) is 1. The van der Waals surface area contributed by atoms with E-state index in [1.54, 1.807) is 23.9 Å². The molecule has 76 valence electrons. The lowest BCUT2D eigenvalue weighted by Crippen LogP contribution is -2.19. The number of carbonyl (C=O) groups excluding carboxylic acids is 2. The first-order valence-corrected chi connectivity index (χ1v) is 4.52. The molecule has 0 aliphatic carbocycles. The maximum Gasteiger partial charge on any atom is 0.169 e. The van der Waals surface area contributed by atoms with Gasteiger partial charge >= 0.3 is 0 Å². The van der Waals surface area contributed by atoms with Crippen LogP contribution >= 0.6 is 0 Å². The molecule has 0 fully saturated rings. The van der Waals surface area contributed by atoms with Gasteiger partial charge in [0.2, 0.25) is 0 Å². The van der Waals surface area contributed by atoms with Gasteiger partial charge in [-0.15, -0.1) is 0 Å². The molecule has 1 rings (SSSR count). The number of Topliss-reactive ketones (excluding diaryl/α,β-unsaturated/α-hetero) is 1. The topological polar surface area (TPSA) is 39.1 Å². The van der Waals surface area contributed by atoms with Gasteiger partial charge < -0.3 is 4.57 Å². The molecule has 14 heavy (non-hydrogen) atoms. The van der Waals surface area contributed by atoms with E-state index in [2.05, 4.69) is 0 Å². The van der Waals surface area contributed by atoms with Crippen molar-refractivity contribution in [2.45, 2.75) is 20.8 Å². The molecule has 3 nitrogen and oxygen atoms in total. The predicted octanol–water partition coefficient (Wildman–Crippen LogP) is 2.07. The zero-order chi connectivity index (χ0) is 10.9. The molecule has 0 radical (unpaired) electrons. The van der Waals surface area contributed by atoms with Crippen LogP contribution in [0.15, 0.2) is 12.3 Å². The van der Waals surface area contributed by atoms with Crippen molar-refractivity contribution in [2.24, 2.45) is 12.5 Å². The summed E-state index contributed by atoms with van der Waals surface area (Å²) in [5.41, 5.74) is 0.723. The molecule has 3 heteroatoms. The maximum atomic E-state index is 11.8. The van der Waals surface area contributed by atoms with Gasteiger partial charge in [0.15, 0.2) is 12.1 Å². The number of ketones is 1. The fraction of sp³-hybridized carbons (Fsp3) is 0.455. The molecule has 0 saturated carbocycles. The number of rotatable bonds is 2. The molecular weight excluding hydrogens is 178 g/mol. The van der Waals surface area contributed by atoms with Gasteiger partial charge in [-0.2, -0.15) is 0 Å². The highest BCUT2D eigenvalue weighted by atomic mass is 16.1. The normalized spacial score (nSPS) is 11.4. The summed E-state index contributed by atoms with van der Waals surface area (Å²) in [6.45, 7) is 5.59. The van der Waals surface area contributed by atoms with E-state index in [9.17, 15) is 9.59 Å². The summed E-state index contributed by atoms with van der Waals surface area (Å²) in [5, 5.41) is 0. The van der Waals surface area contributed by atoms with Crippen LogP contribution < -0.4 is 0 Å². The van der Waals surface area contributed by atoms with E-state index in [4.69, 9.17) is 0 Å². The van der Waals surface area contributed by atoms with Gasteiger partial charge in [0.25, 0.3) is 0 Å². The Morgan fingerprint density at radius 1 is 1.43 bits per heavy atom. The smallest absolute Gasteiger partial charge is 0.169 e. The van der Waals surface area contributed by atoms with Gasteiger partial charge in [-0.3, -0.25) is 9.59 Å². The molecule has 0 saturated heterocycles. The van der Waals surface area contributed by atoms with Crippen LogP contribution in [0, 0.1) is 5.41 Å². The van der Waals surface area contributed by atoms with Crippen LogP contribution in [0.5, 0.6) is 0 Å². The molecule has 0 aromatic carbocycles. The number of hydrogen-bond donors (Lipinski definition) is 0. The third-order valence-corrected chi connectivity index (χ3v) is 2.11. The number of hydrogen-bond acceptors (Lipinski definition) is 2. The fourth-order valence-electron chi connectivity index (χ4n) is 1.26. The Balaban J connectivity index is 3.09. The second kappa shape index (κ2) is 3.40. The molecule has 0 unspecified atom stereocenters. The largest absolute Gasteiger partial charge is 0.348 e. The monoisotopic (exact) mass is 193 g/mol. The minimum Gasteiger partial charge on any atom is -0.348 e. The average molecular weight is 193 g/mol. The molecular formula is C11H15NO2. The van der Waals surface area contributed by atoms with Crippen LogP contribution in [0.3, 0.4) is 0 Å². The Labute approximate surface area is 83.7 Å². The minimum atomic E-state index is -0.401. The lowest BCUT2D eigenvalue weighted by molar-refractivity contribution is 0.0858. The molecule has 0 spiro atoms. The van der Waals surface area contributed by atoms with Gasteiger partial charge in [0.05, 0.1) is 5.69 Å². The van der Waals surface area contributed by atoms with Crippen LogP contribution in [0.25, 0.3) is 0 Å². The van der Waals surface area contributed by atoms with E-state index < -0.39 is 5.41 Å². The van der Waals surface area contributed by atoms with Crippen molar-refractivity contribution in [2.75, 3.05) is 0 Å². The van der Waals surface area contributed by atoms with E-state index in [1.807, 2.05) is 20.8 Å². The zero-order valence-corrected chi connectivity index (χ0v) is 9.00. The van der Waals surface area contributed by atoms with E-state index in [1.165, 1.54) is 0 Å². The number of aryl methyl sites for hydroxylation is 1. The third kappa shape index (κ3) is 1.92. The SMILES string of the molecule is Cn1cc(C(=O)C(C)(C)C)cc1C=O. The standard InChI is InChI=1S/C11H15NO2/c1-11(2,3)10(14)8-5-9(7-13)12(4)6-8/h5-7H,1-4H3. The summed E-state index contributed by atoms with van der Waals surface area (Å²) < 4.78 is 1.66. The van der Waals surface area contributed by atoms with Gasteiger partial charge in [0, 0.05) is 24.2 Å². The number of aldehydes is 1. The molecule has 0 aliphatic heterocycles. The first-order valence-electron chi connectivity index (χ1n) is 4.52. The Bertz CT molecular complexity index is 369. The van der Waals surface area contributed by atoms with E-state index >= 15 is 0 Å². The average Bonchev–Trinajstić information content (AvgIpc) is 2.43. The molecule has 0 aliphatic rings. The molecule has 1 aromatic heterocycles. The van der Waals surface area contributed by atoms with Gasteiger partial charge in [0.1, 0.15) is 0 Å². The highest BCUT2D eigenvalue weighted by Crippen LogP contribution is 2.21. The lowest BCUT2D eigenvalue weighted by atomic mass is 9.87. The van der Waals surface area contributed by atoms with Gasteiger partial charge in [-0.05, 0) is 6.07 Å². The second-order valence-corrected chi connectivity index (χ2v) is 4.46. The van der Waals surface area contributed by atoms with Crippen LogP contribution in [0.1, 0.15) is 41.6 Å². The number of aromatic nitrogens is 1. The Kier molecular flexibility index (Phi) is 2.60. The summed E-state index contributed by atoms with van der Waals surface area (Å²) in [4.78, 5) is 22.4. The quantitative estimate of drug-likeness (QED) is 0.532. The van der Waals surface area contributed by atoms with Crippen molar-refractivity contribution in [3.05, 3.63) is 23.5 Å². The number of carbonyl (C=O) groups is 2. The van der Waals surface area contributed by atoms with Crippen molar-refractivity contribution < 1.29 is 9.59 Å². The summed E-state index contributed by atoms with van der Waals surface area (Å²) in [6, 6.07) is 1.63. The first kappa shape index (κ1) is 10.7. The van der Waals surface area contributed by atoms with Crippen LogP contribution in [-0.4, -0.2) is 16.6 Å². The summed E-state index contributed by atoms with van der Waals surface area (Å²) in [6.07, 6.45) is 2.44. The molecule has 0 bridgehead atoms. The summed E-state index contributed by atoms with van der Waals surface area (Å²) >= 11 is 0. The van der Waals surface area contributed by atoms with Crippen LogP contribution in [-0.2, 0) is 7.05 Å². The molecule has 0 atom stereocenters. The Morgan fingerprint density at radius 3 is 2.36 bits per heavy atom. The van der Waals surface area contributed by atoms with Crippen molar-refractivity contribution in [3.8, 4) is 0 Å². The van der Waals surface area contributed by atoms with Gasteiger partial charge in [-0.1, -0.05) is 20.8 Å². The molecule has 1 heterocycles. The Hall–Kier alpha value is -1.38. The van der Waals surface area contributed by atoms with E-state index in [0.717, 1.165) is 6.29 Å². The molecule has 0 amide bonds. The first-order chi connectivity index (χ1) is 6.36. The maximum absolute atomic E-state index is 11.8. The fourth-order valence-corrected chi connectivity index (χ4v) is 1.26. The van der Waals surface area contributed by atoms with Crippen LogP contribution in [0.4, 0.5) is 0 Å². The second-order valence-electron chi connectivity index (χ2n) is 4.46. The molecule has 1 aromatic rings. The van der Waals surface area contributed by atoms with E-state index in [0.29, 0.717) is 11.3 Å². The third-order valence-electron chi connectivity index (χ3n) is 2.11. The van der Waals surface area contributed by atoms with E-state index in [-0.39, 0.29) is 5.78 Å². The Morgan fingerprint density at radius 2 is 2.00 bits per heavy atom. The predicted molar refractivity (Wildman–Crippen MR) is 54.6 cm³/mol. The molecule has 0 N–H and O–H groups in total. The highest BCUT2D eigenvalue weighted by Gasteiger charge is 2.24. The zero-order valence-electron chi connectivity index (χ0n) is 9.00. The van der Waals surface area contributed by atoms with Crippen molar-refractivity contribution in [1.82, 2.24) is 4.57 Å². The summed E-state index contributed by atoms with van der Waals surface area (Å²) in [7, 11) is 1.75.